The normalized spacial score (nSPS) is 14.1. The first-order chi connectivity index (χ1) is 11.1. The van der Waals surface area contributed by atoms with Gasteiger partial charge in [0, 0.05) is 18.4 Å². The van der Waals surface area contributed by atoms with Gasteiger partial charge in [0.2, 0.25) is 5.91 Å². The van der Waals surface area contributed by atoms with Gasteiger partial charge in [-0.2, -0.15) is 0 Å². The number of benzene rings is 1. The second-order valence-electron chi connectivity index (χ2n) is 5.52. The Balaban J connectivity index is 1.72. The maximum absolute atomic E-state index is 12.6. The minimum Gasteiger partial charge on any atom is -0.329 e. The Labute approximate surface area is 134 Å². The molecule has 118 valence electrons. The van der Waals surface area contributed by atoms with Gasteiger partial charge in [-0.15, -0.1) is 0 Å². The third-order valence-corrected chi connectivity index (χ3v) is 3.74. The summed E-state index contributed by atoms with van der Waals surface area (Å²) in [7, 11) is 0. The monoisotopic (exact) mass is 310 g/mol. The first kappa shape index (κ1) is 15.1. The Morgan fingerprint density at radius 3 is 2.87 bits per heavy atom. The lowest BCUT2D eigenvalue weighted by atomic mass is 10.1. The summed E-state index contributed by atoms with van der Waals surface area (Å²) in [6.07, 6.45) is 3.07. The van der Waals surface area contributed by atoms with Crippen molar-refractivity contribution in [3.05, 3.63) is 53.6 Å². The number of fused-ring (bicyclic) bond motifs is 1. The van der Waals surface area contributed by atoms with Crippen molar-refractivity contribution in [3.8, 4) is 0 Å². The molecule has 1 N–H and O–H groups in total. The quantitative estimate of drug-likeness (QED) is 0.938. The molecule has 1 aliphatic rings. The number of hydrogen-bond acceptors (Lipinski definition) is 4. The van der Waals surface area contributed by atoms with Gasteiger partial charge in [-0.3, -0.25) is 9.59 Å². The van der Waals surface area contributed by atoms with E-state index in [0.29, 0.717) is 17.9 Å². The van der Waals surface area contributed by atoms with Crippen molar-refractivity contribution in [3.63, 3.8) is 0 Å². The topological polar surface area (TPSA) is 75.2 Å². The number of hydrogen-bond donors (Lipinski definition) is 1. The molecular weight excluding hydrogens is 292 g/mol. The van der Waals surface area contributed by atoms with Crippen LogP contribution in [0.4, 0.5) is 5.69 Å². The van der Waals surface area contributed by atoms with Gasteiger partial charge >= 0.3 is 0 Å². The molecule has 2 amide bonds. The van der Waals surface area contributed by atoms with E-state index in [-0.39, 0.29) is 18.4 Å². The fourth-order valence-corrected chi connectivity index (χ4v) is 2.64. The van der Waals surface area contributed by atoms with Crippen molar-refractivity contribution >= 4 is 17.5 Å². The van der Waals surface area contributed by atoms with E-state index < -0.39 is 0 Å². The summed E-state index contributed by atoms with van der Waals surface area (Å²) in [6.45, 7) is 2.37. The number of para-hydroxylation sites is 1. The van der Waals surface area contributed by atoms with Gasteiger partial charge in [0.15, 0.2) is 0 Å². The summed E-state index contributed by atoms with van der Waals surface area (Å²) in [5.41, 5.74) is 1.99. The molecular formula is C17H18N4O2. The maximum Gasteiger partial charge on any atom is 0.257 e. The maximum atomic E-state index is 12.6. The van der Waals surface area contributed by atoms with Crippen molar-refractivity contribution in [2.45, 2.75) is 19.8 Å². The van der Waals surface area contributed by atoms with Crippen LogP contribution < -0.4 is 5.32 Å². The minimum absolute atomic E-state index is 0.0288. The molecule has 0 atom stereocenters. The highest BCUT2D eigenvalue weighted by Gasteiger charge is 2.25. The van der Waals surface area contributed by atoms with E-state index in [1.807, 2.05) is 30.3 Å². The van der Waals surface area contributed by atoms with Gasteiger partial charge in [0.25, 0.3) is 5.91 Å². The number of anilines is 1. The third kappa shape index (κ3) is 3.53. The van der Waals surface area contributed by atoms with E-state index in [9.17, 15) is 9.59 Å². The standard InChI is InChI=1S/C17H18N4O2/c1-12-18-10-14-15(19-12)8-5-9-21(17(14)23)11-16(22)20-13-6-3-2-4-7-13/h2-4,6-7,10H,5,8-9,11H2,1H3,(H,20,22). The summed E-state index contributed by atoms with van der Waals surface area (Å²) >= 11 is 0. The Morgan fingerprint density at radius 2 is 2.09 bits per heavy atom. The lowest BCUT2D eigenvalue weighted by Crippen LogP contribution is -2.38. The second kappa shape index (κ2) is 6.56. The van der Waals surface area contributed by atoms with Crippen molar-refractivity contribution < 1.29 is 9.59 Å². The highest BCUT2D eigenvalue weighted by molar-refractivity contribution is 6.00. The molecule has 0 fully saturated rings. The molecule has 2 aromatic rings. The summed E-state index contributed by atoms with van der Waals surface area (Å²) in [5.74, 6) is 0.272. The molecule has 0 radical (unpaired) electrons. The predicted molar refractivity (Wildman–Crippen MR) is 86.1 cm³/mol. The first-order valence-electron chi connectivity index (χ1n) is 7.60. The summed E-state index contributed by atoms with van der Waals surface area (Å²) in [5, 5.41) is 2.80. The molecule has 0 bridgehead atoms. The number of amides is 2. The number of aryl methyl sites for hydroxylation is 2. The van der Waals surface area contributed by atoms with Gasteiger partial charge in [-0.1, -0.05) is 18.2 Å². The van der Waals surface area contributed by atoms with Gasteiger partial charge in [-0.05, 0) is 31.9 Å². The lowest BCUT2D eigenvalue weighted by Gasteiger charge is -2.20. The minimum atomic E-state index is -0.207. The largest absolute Gasteiger partial charge is 0.329 e. The van der Waals surface area contributed by atoms with Gasteiger partial charge < -0.3 is 10.2 Å². The third-order valence-electron chi connectivity index (χ3n) is 3.74. The first-order valence-corrected chi connectivity index (χ1v) is 7.60. The summed E-state index contributed by atoms with van der Waals surface area (Å²) in [4.78, 5) is 34.8. The molecule has 6 nitrogen and oxygen atoms in total. The summed E-state index contributed by atoms with van der Waals surface area (Å²) < 4.78 is 0. The van der Waals surface area contributed by atoms with Crippen molar-refractivity contribution in [1.29, 1.82) is 0 Å². The average molecular weight is 310 g/mol. The number of carbonyl (C=O) groups is 2. The van der Waals surface area contributed by atoms with Crippen LogP contribution in [-0.2, 0) is 11.2 Å². The number of rotatable bonds is 3. The molecule has 0 aliphatic carbocycles. The Hall–Kier alpha value is -2.76. The number of carbonyl (C=O) groups excluding carboxylic acids is 2. The van der Waals surface area contributed by atoms with Crippen LogP contribution in [0.1, 0.15) is 28.3 Å². The second-order valence-corrected chi connectivity index (χ2v) is 5.52. The Bertz CT molecular complexity index is 731. The Morgan fingerprint density at radius 1 is 1.30 bits per heavy atom. The fourth-order valence-electron chi connectivity index (χ4n) is 2.64. The molecule has 1 aromatic carbocycles. The molecule has 6 heteroatoms. The molecule has 1 aliphatic heterocycles. The van der Waals surface area contributed by atoms with Crippen LogP contribution in [0.15, 0.2) is 36.5 Å². The predicted octanol–water partition coefficient (Wildman–Crippen LogP) is 1.81. The van der Waals surface area contributed by atoms with Crippen molar-refractivity contribution in [1.82, 2.24) is 14.9 Å². The number of nitrogens with one attached hydrogen (secondary N) is 1. The van der Waals surface area contributed by atoms with Gasteiger partial charge in [0.1, 0.15) is 12.4 Å². The zero-order valence-electron chi connectivity index (χ0n) is 13.0. The molecule has 1 aromatic heterocycles. The lowest BCUT2D eigenvalue weighted by molar-refractivity contribution is -0.116. The zero-order chi connectivity index (χ0) is 16.2. The number of aromatic nitrogens is 2. The average Bonchev–Trinajstić information content (AvgIpc) is 2.68. The highest BCUT2D eigenvalue weighted by atomic mass is 16.2. The van der Waals surface area contributed by atoms with Crippen LogP contribution in [0.5, 0.6) is 0 Å². The molecule has 0 unspecified atom stereocenters. The summed E-state index contributed by atoms with van der Waals surface area (Å²) in [6, 6.07) is 9.21. The van der Waals surface area contributed by atoms with E-state index in [1.54, 1.807) is 18.0 Å². The molecule has 0 spiro atoms. The van der Waals surface area contributed by atoms with Crippen LogP contribution in [0.3, 0.4) is 0 Å². The Kier molecular flexibility index (Phi) is 4.32. The smallest absolute Gasteiger partial charge is 0.257 e. The van der Waals surface area contributed by atoms with E-state index in [4.69, 9.17) is 0 Å². The van der Waals surface area contributed by atoms with E-state index >= 15 is 0 Å². The van der Waals surface area contributed by atoms with E-state index in [2.05, 4.69) is 15.3 Å². The molecule has 0 saturated heterocycles. The van der Waals surface area contributed by atoms with E-state index in [1.165, 1.54) is 0 Å². The zero-order valence-corrected chi connectivity index (χ0v) is 13.0. The van der Waals surface area contributed by atoms with Crippen molar-refractivity contribution in [2.24, 2.45) is 0 Å². The molecule has 23 heavy (non-hydrogen) atoms. The van der Waals surface area contributed by atoms with Crippen molar-refractivity contribution in [2.75, 3.05) is 18.4 Å². The SMILES string of the molecule is Cc1ncc2c(n1)CCCN(CC(=O)Nc1ccccc1)C2=O. The van der Waals surface area contributed by atoms with E-state index in [0.717, 1.165) is 24.2 Å². The van der Waals surface area contributed by atoms with Gasteiger partial charge in [0.05, 0.1) is 11.3 Å². The highest BCUT2D eigenvalue weighted by Crippen LogP contribution is 2.16. The molecule has 2 heterocycles. The fraction of sp³-hybridized carbons (Fsp3) is 0.294. The van der Waals surface area contributed by atoms with Gasteiger partial charge in [-0.25, -0.2) is 9.97 Å². The van der Waals surface area contributed by atoms with Crippen LogP contribution >= 0.6 is 0 Å². The number of nitrogens with zero attached hydrogens (tertiary/aromatic N) is 3. The van der Waals surface area contributed by atoms with Crippen LogP contribution in [-0.4, -0.2) is 39.8 Å². The van der Waals surface area contributed by atoms with Crippen LogP contribution in [0, 0.1) is 6.92 Å². The van der Waals surface area contributed by atoms with Crippen LogP contribution in [0.25, 0.3) is 0 Å². The molecule has 3 rings (SSSR count). The molecule has 0 saturated carbocycles. The van der Waals surface area contributed by atoms with Crippen LogP contribution in [0.2, 0.25) is 0 Å².